The maximum Gasteiger partial charge on any atom is 0.253 e. The van der Waals surface area contributed by atoms with E-state index in [4.69, 9.17) is 11.5 Å². The monoisotopic (exact) mass is 241 g/mol. The molecule has 0 aliphatic rings. The Morgan fingerprint density at radius 3 is 2.38 bits per heavy atom. The summed E-state index contributed by atoms with van der Waals surface area (Å²) in [6.07, 6.45) is 0. The summed E-state index contributed by atoms with van der Waals surface area (Å²) in [6, 6.07) is 0. The quantitative estimate of drug-likeness (QED) is 0.772. The third kappa shape index (κ3) is 2.01. The van der Waals surface area contributed by atoms with Gasteiger partial charge in [-0.1, -0.05) is 0 Å². The molecule has 0 fully saturated rings. The summed E-state index contributed by atoms with van der Waals surface area (Å²) < 4.78 is 0. The zero-order valence-corrected chi connectivity index (χ0v) is 10.4. The third-order valence-electron chi connectivity index (χ3n) is 2.31. The molecule has 0 atom stereocenters. The molecule has 16 heavy (non-hydrogen) atoms. The van der Waals surface area contributed by atoms with Crippen LogP contribution in [-0.2, 0) is 0 Å². The van der Waals surface area contributed by atoms with E-state index in [9.17, 15) is 9.59 Å². The summed E-state index contributed by atoms with van der Waals surface area (Å²) in [6.45, 7) is 4.06. The van der Waals surface area contributed by atoms with Crippen molar-refractivity contribution in [3.05, 3.63) is 10.4 Å². The van der Waals surface area contributed by atoms with Crippen molar-refractivity contribution in [3.8, 4) is 0 Å². The Labute approximate surface area is 98.0 Å². The largest absolute Gasteiger partial charge is 0.397 e. The van der Waals surface area contributed by atoms with Gasteiger partial charge in [-0.15, -0.1) is 11.3 Å². The van der Waals surface area contributed by atoms with Crippen molar-refractivity contribution < 1.29 is 9.59 Å². The summed E-state index contributed by atoms with van der Waals surface area (Å²) in [4.78, 5) is 24.9. The molecule has 1 aromatic heterocycles. The van der Waals surface area contributed by atoms with Gasteiger partial charge in [-0.05, 0) is 6.92 Å². The second-order valence-corrected chi connectivity index (χ2v) is 4.46. The molecule has 4 N–H and O–H groups in total. The first-order valence-corrected chi connectivity index (χ1v) is 5.65. The van der Waals surface area contributed by atoms with Crippen LogP contribution >= 0.6 is 11.3 Å². The molecule has 1 aromatic rings. The number of rotatable bonds is 4. The number of carbonyl (C=O) groups is 2. The molecule has 1 rings (SSSR count). The van der Waals surface area contributed by atoms with E-state index < -0.39 is 5.91 Å². The molecule has 0 radical (unpaired) electrons. The fraction of sp³-hybridized carbons (Fsp3) is 0.400. The highest BCUT2D eigenvalue weighted by molar-refractivity contribution is 7.19. The summed E-state index contributed by atoms with van der Waals surface area (Å²) in [5.41, 5.74) is 11.5. The summed E-state index contributed by atoms with van der Waals surface area (Å²) in [5, 5.41) is 0.651. The molecule has 6 heteroatoms. The number of nitrogens with zero attached hydrogens (tertiary/aromatic N) is 1. The fourth-order valence-electron chi connectivity index (χ4n) is 1.34. The van der Waals surface area contributed by atoms with Crippen LogP contribution in [0.15, 0.2) is 0 Å². The van der Waals surface area contributed by atoms with Crippen LogP contribution in [0.3, 0.4) is 0 Å². The van der Waals surface area contributed by atoms with Gasteiger partial charge in [-0.2, -0.15) is 0 Å². The second-order valence-electron chi connectivity index (χ2n) is 3.46. The predicted molar refractivity (Wildman–Crippen MR) is 66.2 cm³/mol. The van der Waals surface area contributed by atoms with E-state index in [-0.39, 0.29) is 17.0 Å². The van der Waals surface area contributed by atoms with Crippen LogP contribution in [0.1, 0.15) is 33.9 Å². The molecule has 0 saturated carbocycles. The molecule has 1 amide bonds. The number of nitrogen functional groups attached to an aromatic ring is 1. The first kappa shape index (κ1) is 12.5. The molecule has 0 unspecified atom stereocenters. The molecule has 0 bridgehead atoms. The molecule has 0 aliphatic heterocycles. The lowest BCUT2D eigenvalue weighted by Gasteiger charge is -2.15. The Bertz CT molecular complexity index is 440. The minimum absolute atomic E-state index is 0.152. The van der Waals surface area contributed by atoms with Crippen LogP contribution in [-0.4, -0.2) is 25.3 Å². The van der Waals surface area contributed by atoms with Gasteiger partial charge in [0.1, 0.15) is 5.00 Å². The Hall–Kier alpha value is -1.56. The number of thiophene rings is 1. The maximum atomic E-state index is 11.3. The smallest absolute Gasteiger partial charge is 0.253 e. The molecule has 5 nitrogen and oxygen atoms in total. The van der Waals surface area contributed by atoms with Crippen molar-refractivity contribution in [2.45, 2.75) is 13.8 Å². The van der Waals surface area contributed by atoms with E-state index in [1.807, 2.05) is 18.9 Å². The molecular weight excluding hydrogens is 226 g/mol. The Morgan fingerprint density at radius 2 is 2.00 bits per heavy atom. The highest BCUT2D eigenvalue weighted by atomic mass is 32.1. The van der Waals surface area contributed by atoms with Crippen molar-refractivity contribution in [1.82, 2.24) is 0 Å². The minimum Gasteiger partial charge on any atom is -0.397 e. The first-order chi connectivity index (χ1) is 7.40. The Kier molecular flexibility index (Phi) is 3.54. The zero-order chi connectivity index (χ0) is 12.5. The van der Waals surface area contributed by atoms with Gasteiger partial charge in [-0.25, -0.2) is 0 Å². The topological polar surface area (TPSA) is 89.4 Å². The molecule has 88 valence electrons. The summed E-state index contributed by atoms with van der Waals surface area (Å²) >= 11 is 1.21. The van der Waals surface area contributed by atoms with Gasteiger partial charge in [0.2, 0.25) is 0 Å². The van der Waals surface area contributed by atoms with Gasteiger partial charge in [-0.3, -0.25) is 9.59 Å². The van der Waals surface area contributed by atoms with Crippen molar-refractivity contribution in [2.75, 3.05) is 24.2 Å². The van der Waals surface area contributed by atoms with Crippen LogP contribution in [0.2, 0.25) is 0 Å². The maximum absolute atomic E-state index is 11.3. The van der Waals surface area contributed by atoms with E-state index in [1.165, 1.54) is 18.3 Å². The highest BCUT2D eigenvalue weighted by Crippen LogP contribution is 2.37. The van der Waals surface area contributed by atoms with Gasteiger partial charge in [0.15, 0.2) is 5.78 Å². The van der Waals surface area contributed by atoms with Crippen molar-refractivity contribution in [2.24, 2.45) is 5.73 Å². The molecule has 0 aliphatic carbocycles. The Morgan fingerprint density at radius 1 is 1.44 bits per heavy atom. The minimum atomic E-state index is -0.600. The molecule has 0 saturated heterocycles. The van der Waals surface area contributed by atoms with Gasteiger partial charge in [0.25, 0.3) is 5.91 Å². The lowest BCUT2D eigenvalue weighted by molar-refractivity contribution is 0.100. The van der Waals surface area contributed by atoms with Crippen molar-refractivity contribution >= 4 is 33.7 Å². The van der Waals surface area contributed by atoms with E-state index in [0.717, 1.165) is 0 Å². The van der Waals surface area contributed by atoms with Crippen molar-refractivity contribution in [3.63, 3.8) is 0 Å². The first-order valence-electron chi connectivity index (χ1n) is 4.84. The number of hydrogen-bond acceptors (Lipinski definition) is 5. The van der Waals surface area contributed by atoms with Crippen molar-refractivity contribution in [1.29, 1.82) is 0 Å². The van der Waals surface area contributed by atoms with Crippen LogP contribution in [0.5, 0.6) is 0 Å². The number of nitrogens with two attached hydrogens (primary N) is 2. The van der Waals surface area contributed by atoms with E-state index >= 15 is 0 Å². The van der Waals surface area contributed by atoms with Crippen LogP contribution in [0, 0.1) is 0 Å². The fourth-order valence-corrected chi connectivity index (χ4v) is 2.49. The standard InChI is InChI=1S/C10H15N3O2S/c1-4-13(3)10-6(9(12)15)7(11)8(16-10)5(2)14/h4,11H2,1-3H3,(H2,12,15). The normalized spacial score (nSPS) is 10.2. The average molecular weight is 241 g/mol. The zero-order valence-electron chi connectivity index (χ0n) is 9.53. The number of amides is 1. The van der Waals surface area contributed by atoms with Crippen LogP contribution in [0.4, 0.5) is 10.7 Å². The summed E-state index contributed by atoms with van der Waals surface area (Å²) in [7, 11) is 1.82. The lowest BCUT2D eigenvalue weighted by Crippen LogP contribution is -2.20. The number of hydrogen-bond donors (Lipinski definition) is 2. The lowest BCUT2D eigenvalue weighted by atomic mass is 10.2. The van der Waals surface area contributed by atoms with Gasteiger partial charge in [0, 0.05) is 20.5 Å². The third-order valence-corrected chi connectivity index (χ3v) is 3.73. The van der Waals surface area contributed by atoms with E-state index in [1.54, 1.807) is 0 Å². The Balaban J connectivity index is 3.42. The number of primary amides is 1. The number of carbonyl (C=O) groups excluding carboxylic acids is 2. The second kappa shape index (κ2) is 4.52. The van der Waals surface area contributed by atoms with Crippen LogP contribution in [0.25, 0.3) is 0 Å². The van der Waals surface area contributed by atoms with E-state index in [2.05, 4.69) is 0 Å². The molecule has 1 heterocycles. The molecule has 0 spiro atoms. The predicted octanol–water partition coefficient (Wildman–Crippen LogP) is 1.09. The SMILES string of the molecule is CCN(C)c1sc(C(C)=O)c(N)c1C(N)=O. The van der Waals surface area contributed by atoms with Gasteiger partial charge < -0.3 is 16.4 Å². The van der Waals surface area contributed by atoms with Gasteiger partial charge >= 0.3 is 0 Å². The summed E-state index contributed by atoms with van der Waals surface area (Å²) in [5.74, 6) is -0.752. The van der Waals surface area contributed by atoms with E-state index in [0.29, 0.717) is 16.4 Å². The molecule has 0 aromatic carbocycles. The number of Topliss-reactive ketones (excluding diaryl/α,β-unsaturated/α-hetero) is 1. The number of anilines is 2. The average Bonchev–Trinajstić information content (AvgIpc) is 2.54. The van der Waals surface area contributed by atoms with Crippen LogP contribution < -0.4 is 16.4 Å². The molecular formula is C10H15N3O2S. The number of ketones is 1. The van der Waals surface area contributed by atoms with Gasteiger partial charge in [0.05, 0.1) is 16.1 Å². The highest BCUT2D eigenvalue weighted by Gasteiger charge is 2.23.